The van der Waals surface area contributed by atoms with Gasteiger partial charge in [0.2, 0.25) is 0 Å². The fourth-order valence-corrected chi connectivity index (χ4v) is 2.85. The SMILES string of the molecule is COC(=O)/C=C/c1ccc(Cn2c(C)nc3c(C)cc(C)nc32)cc1. The molecule has 0 spiro atoms. The molecule has 5 heteroatoms. The van der Waals surface area contributed by atoms with Gasteiger partial charge in [0.15, 0.2) is 5.65 Å². The highest BCUT2D eigenvalue weighted by atomic mass is 16.5. The van der Waals surface area contributed by atoms with Gasteiger partial charge in [-0.2, -0.15) is 0 Å². The van der Waals surface area contributed by atoms with Crippen LogP contribution in [0, 0.1) is 20.8 Å². The third-order valence-electron chi connectivity index (χ3n) is 4.15. The van der Waals surface area contributed by atoms with Gasteiger partial charge in [-0.15, -0.1) is 0 Å². The van der Waals surface area contributed by atoms with Crippen LogP contribution in [0.2, 0.25) is 0 Å². The summed E-state index contributed by atoms with van der Waals surface area (Å²) < 4.78 is 6.73. The first kappa shape index (κ1) is 16.9. The van der Waals surface area contributed by atoms with Crippen LogP contribution in [-0.4, -0.2) is 27.6 Å². The van der Waals surface area contributed by atoms with Crippen molar-refractivity contribution in [1.29, 1.82) is 0 Å². The van der Waals surface area contributed by atoms with Crippen LogP contribution in [0.4, 0.5) is 0 Å². The van der Waals surface area contributed by atoms with E-state index in [1.54, 1.807) is 6.08 Å². The van der Waals surface area contributed by atoms with E-state index in [2.05, 4.69) is 32.3 Å². The molecule has 0 fully saturated rings. The van der Waals surface area contributed by atoms with Crippen LogP contribution in [0.3, 0.4) is 0 Å². The maximum Gasteiger partial charge on any atom is 0.330 e. The number of carbonyl (C=O) groups excluding carboxylic acids is 1. The molecular formula is C20H21N3O2. The number of hydrogen-bond donors (Lipinski definition) is 0. The summed E-state index contributed by atoms with van der Waals surface area (Å²) in [5, 5.41) is 0. The van der Waals surface area contributed by atoms with E-state index in [1.165, 1.54) is 13.2 Å². The quantitative estimate of drug-likeness (QED) is 0.540. The van der Waals surface area contributed by atoms with Crippen LogP contribution in [0.1, 0.15) is 28.2 Å². The summed E-state index contributed by atoms with van der Waals surface area (Å²) in [5.74, 6) is 0.590. The molecule has 25 heavy (non-hydrogen) atoms. The van der Waals surface area contributed by atoms with E-state index in [0.29, 0.717) is 6.54 Å². The summed E-state index contributed by atoms with van der Waals surface area (Å²) in [6.45, 7) is 6.78. The Hall–Kier alpha value is -2.95. The van der Waals surface area contributed by atoms with E-state index in [4.69, 9.17) is 0 Å². The number of aromatic nitrogens is 3. The zero-order chi connectivity index (χ0) is 18.0. The van der Waals surface area contributed by atoms with Crippen molar-refractivity contribution >= 4 is 23.2 Å². The van der Waals surface area contributed by atoms with Gasteiger partial charge in [-0.1, -0.05) is 24.3 Å². The van der Waals surface area contributed by atoms with E-state index in [9.17, 15) is 4.79 Å². The smallest absolute Gasteiger partial charge is 0.330 e. The van der Waals surface area contributed by atoms with Crippen molar-refractivity contribution < 1.29 is 9.53 Å². The Morgan fingerprint density at radius 1 is 1.16 bits per heavy atom. The average Bonchev–Trinajstić information content (AvgIpc) is 2.90. The van der Waals surface area contributed by atoms with Crippen LogP contribution in [0.5, 0.6) is 0 Å². The van der Waals surface area contributed by atoms with Crippen molar-refractivity contribution in [2.24, 2.45) is 0 Å². The van der Waals surface area contributed by atoms with Crippen molar-refractivity contribution in [1.82, 2.24) is 14.5 Å². The number of nitrogens with zero attached hydrogens (tertiary/aromatic N) is 3. The Labute approximate surface area is 147 Å². The summed E-state index contributed by atoms with van der Waals surface area (Å²) in [6.07, 6.45) is 3.15. The van der Waals surface area contributed by atoms with Gasteiger partial charge in [0.05, 0.1) is 13.7 Å². The highest BCUT2D eigenvalue weighted by Gasteiger charge is 2.12. The first-order valence-electron chi connectivity index (χ1n) is 8.14. The van der Waals surface area contributed by atoms with Crippen LogP contribution < -0.4 is 0 Å². The minimum atomic E-state index is -0.360. The maximum atomic E-state index is 11.2. The van der Waals surface area contributed by atoms with Gasteiger partial charge in [-0.25, -0.2) is 14.8 Å². The van der Waals surface area contributed by atoms with E-state index >= 15 is 0 Å². The van der Waals surface area contributed by atoms with Crippen molar-refractivity contribution in [3.05, 3.63) is 64.6 Å². The molecule has 1 aromatic carbocycles. The van der Waals surface area contributed by atoms with Gasteiger partial charge in [-0.05, 0) is 49.6 Å². The van der Waals surface area contributed by atoms with E-state index < -0.39 is 0 Å². The Kier molecular flexibility index (Phi) is 4.65. The lowest BCUT2D eigenvalue weighted by Gasteiger charge is -2.08. The van der Waals surface area contributed by atoms with Gasteiger partial charge < -0.3 is 9.30 Å². The van der Waals surface area contributed by atoms with Crippen LogP contribution in [-0.2, 0) is 16.1 Å². The first-order valence-corrected chi connectivity index (χ1v) is 8.14. The Balaban J connectivity index is 1.88. The molecule has 0 bridgehead atoms. The molecule has 3 rings (SSSR count). The number of rotatable bonds is 4. The number of methoxy groups -OCH3 is 1. The standard InChI is InChI=1S/C20H21N3O2/c1-13-11-14(2)21-20-19(13)22-15(3)23(20)12-17-7-5-16(6-8-17)9-10-18(24)25-4/h5-11H,12H2,1-4H3/b10-9+. The monoisotopic (exact) mass is 335 g/mol. The number of aryl methyl sites for hydroxylation is 3. The van der Waals surface area contributed by atoms with Gasteiger partial charge in [0.25, 0.3) is 0 Å². The molecule has 0 radical (unpaired) electrons. The number of carbonyl (C=O) groups is 1. The molecule has 0 saturated carbocycles. The molecule has 2 aromatic heterocycles. The third kappa shape index (κ3) is 3.60. The number of hydrogen-bond acceptors (Lipinski definition) is 4. The molecule has 2 heterocycles. The lowest BCUT2D eigenvalue weighted by atomic mass is 10.1. The molecule has 0 N–H and O–H groups in total. The Morgan fingerprint density at radius 2 is 1.88 bits per heavy atom. The van der Waals surface area contributed by atoms with Crippen LogP contribution >= 0.6 is 0 Å². The molecule has 3 aromatic rings. The van der Waals surface area contributed by atoms with Gasteiger partial charge in [0.1, 0.15) is 11.3 Å². The fourth-order valence-electron chi connectivity index (χ4n) is 2.85. The zero-order valence-corrected chi connectivity index (χ0v) is 14.9. The molecule has 0 saturated heterocycles. The molecule has 0 aliphatic carbocycles. The molecule has 0 amide bonds. The minimum Gasteiger partial charge on any atom is -0.466 e. The number of ether oxygens (including phenoxy) is 1. The summed E-state index contributed by atoms with van der Waals surface area (Å²) >= 11 is 0. The van der Waals surface area contributed by atoms with Crippen LogP contribution in [0.25, 0.3) is 17.2 Å². The first-order chi connectivity index (χ1) is 12.0. The summed E-state index contributed by atoms with van der Waals surface area (Å²) in [6, 6.07) is 10.1. The number of esters is 1. The van der Waals surface area contributed by atoms with Gasteiger partial charge >= 0.3 is 5.97 Å². The topological polar surface area (TPSA) is 57.0 Å². The lowest BCUT2D eigenvalue weighted by Crippen LogP contribution is -2.03. The molecule has 0 unspecified atom stereocenters. The minimum absolute atomic E-state index is 0.360. The summed E-state index contributed by atoms with van der Waals surface area (Å²) in [7, 11) is 1.37. The predicted octanol–water partition coefficient (Wildman–Crippen LogP) is 3.59. The predicted molar refractivity (Wildman–Crippen MR) is 98.3 cm³/mol. The van der Waals surface area contributed by atoms with E-state index in [-0.39, 0.29) is 5.97 Å². The second-order valence-electron chi connectivity index (χ2n) is 6.10. The second-order valence-corrected chi connectivity index (χ2v) is 6.10. The molecule has 5 nitrogen and oxygen atoms in total. The number of benzene rings is 1. The largest absolute Gasteiger partial charge is 0.466 e. The zero-order valence-electron chi connectivity index (χ0n) is 14.9. The number of fused-ring (bicyclic) bond motifs is 1. The van der Waals surface area contributed by atoms with Crippen molar-refractivity contribution in [2.75, 3.05) is 7.11 Å². The Morgan fingerprint density at radius 3 is 2.56 bits per heavy atom. The highest BCUT2D eigenvalue weighted by molar-refractivity contribution is 5.86. The molecule has 128 valence electrons. The van der Waals surface area contributed by atoms with Gasteiger partial charge in [0, 0.05) is 11.8 Å². The summed E-state index contributed by atoms with van der Waals surface area (Å²) in [4.78, 5) is 20.5. The van der Waals surface area contributed by atoms with E-state index in [0.717, 1.165) is 39.4 Å². The summed E-state index contributed by atoms with van der Waals surface area (Å²) in [5.41, 5.74) is 6.12. The highest BCUT2D eigenvalue weighted by Crippen LogP contribution is 2.20. The van der Waals surface area contributed by atoms with Crippen molar-refractivity contribution in [3.8, 4) is 0 Å². The second kappa shape index (κ2) is 6.89. The fraction of sp³-hybridized carbons (Fsp3) is 0.250. The molecule has 0 aliphatic rings. The van der Waals surface area contributed by atoms with Crippen molar-refractivity contribution in [2.45, 2.75) is 27.3 Å². The molecule has 0 atom stereocenters. The lowest BCUT2D eigenvalue weighted by molar-refractivity contribution is -0.134. The number of pyridine rings is 1. The maximum absolute atomic E-state index is 11.2. The molecule has 0 aliphatic heterocycles. The number of imidazole rings is 1. The Bertz CT molecular complexity index is 953. The van der Waals surface area contributed by atoms with Gasteiger partial charge in [-0.3, -0.25) is 0 Å². The van der Waals surface area contributed by atoms with Crippen molar-refractivity contribution in [3.63, 3.8) is 0 Å². The average molecular weight is 335 g/mol. The van der Waals surface area contributed by atoms with E-state index in [1.807, 2.05) is 38.1 Å². The van der Waals surface area contributed by atoms with Crippen LogP contribution in [0.15, 0.2) is 36.4 Å². The third-order valence-corrected chi connectivity index (χ3v) is 4.15. The normalized spacial score (nSPS) is 11.4. The molecular weight excluding hydrogens is 314 g/mol.